The number of alkyl carbamates (subject to hydrolysis) is 1. The van der Waals surface area contributed by atoms with E-state index in [1.807, 2.05) is 20.8 Å². The van der Waals surface area contributed by atoms with Gasteiger partial charge < -0.3 is 19.9 Å². The molecule has 0 aliphatic carbocycles. The maximum atomic E-state index is 11.4. The molecule has 23 heavy (non-hydrogen) atoms. The molecule has 7 nitrogen and oxygen atoms in total. The SMILES string of the molecule is CC(C)(C)OC(=O)NCCCCCCOC(=O)CCCC(=O)O. The average molecular weight is 331 g/mol. The van der Waals surface area contributed by atoms with Gasteiger partial charge in [-0.1, -0.05) is 6.42 Å². The number of carbonyl (C=O) groups is 3. The quantitative estimate of drug-likeness (QED) is 0.446. The molecule has 7 heteroatoms. The van der Waals surface area contributed by atoms with Gasteiger partial charge in [-0.15, -0.1) is 0 Å². The standard InChI is InChI=1S/C16H29NO6/c1-16(2,3)23-15(21)17-11-6-4-5-7-12-22-14(20)10-8-9-13(18)19/h4-12H2,1-3H3,(H,17,21)(H,18,19). The molecule has 0 aromatic rings. The van der Waals surface area contributed by atoms with Gasteiger partial charge in [0.1, 0.15) is 5.60 Å². The molecule has 0 heterocycles. The number of nitrogens with one attached hydrogen (secondary N) is 1. The van der Waals surface area contributed by atoms with E-state index in [1.54, 1.807) is 0 Å². The highest BCUT2D eigenvalue weighted by atomic mass is 16.6. The molecule has 0 fully saturated rings. The van der Waals surface area contributed by atoms with Gasteiger partial charge in [0.25, 0.3) is 0 Å². The Morgan fingerprint density at radius 1 is 0.957 bits per heavy atom. The topological polar surface area (TPSA) is 102 Å². The van der Waals surface area contributed by atoms with E-state index < -0.39 is 17.7 Å². The fourth-order valence-corrected chi connectivity index (χ4v) is 1.73. The highest BCUT2D eigenvalue weighted by molar-refractivity contribution is 5.71. The van der Waals surface area contributed by atoms with Crippen LogP contribution in [0.25, 0.3) is 0 Å². The van der Waals surface area contributed by atoms with Crippen molar-refractivity contribution in [3.8, 4) is 0 Å². The van der Waals surface area contributed by atoms with Crippen LogP contribution in [0.15, 0.2) is 0 Å². The number of amides is 1. The van der Waals surface area contributed by atoms with Crippen LogP contribution in [-0.2, 0) is 19.1 Å². The zero-order chi connectivity index (χ0) is 17.7. The lowest BCUT2D eigenvalue weighted by Gasteiger charge is -2.19. The summed E-state index contributed by atoms with van der Waals surface area (Å²) in [7, 11) is 0. The second-order valence-electron chi connectivity index (χ2n) is 6.31. The molecule has 0 bridgehead atoms. The van der Waals surface area contributed by atoms with Gasteiger partial charge in [0.15, 0.2) is 0 Å². The highest BCUT2D eigenvalue weighted by Gasteiger charge is 2.15. The molecule has 0 rings (SSSR count). The molecule has 2 N–H and O–H groups in total. The van der Waals surface area contributed by atoms with Gasteiger partial charge >= 0.3 is 18.0 Å². The van der Waals surface area contributed by atoms with Gasteiger partial charge in [0.05, 0.1) is 6.61 Å². The molecule has 0 saturated carbocycles. The summed E-state index contributed by atoms with van der Waals surface area (Å²) < 4.78 is 10.1. The van der Waals surface area contributed by atoms with E-state index in [1.165, 1.54) is 0 Å². The second-order valence-corrected chi connectivity index (χ2v) is 6.31. The zero-order valence-corrected chi connectivity index (χ0v) is 14.4. The predicted molar refractivity (Wildman–Crippen MR) is 85.2 cm³/mol. The van der Waals surface area contributed by atoms with Crippen LogP contribution in [0.1, 0.15) is 65.7 Å². The van der Waals surface area contributed by atoms with Crippen LogP contribution in [-0.4, -0.2) is 41.9 Å². The number of hydrogen-bond donors (Lipinski definition) is 2. The molecular weight excluding hydrogens is 302 g/mol. The van der Waals surface area contributed by atoms with E-state index in [-0.39, 0.29) is 18.8 Å². The third kappa shape index (κ3) is 16.4. The first-order valence-electron chi connectivity index (χ1n) is 8.05. The molecule has 0 unspecified atom stereocenters. The van der Waals surface area contributed by atoms with E-state index in [0.29, 0.717) is 19.6 Å². The minimum absolute atomic E-state index is 0.0141. The van der Waals surface area contributed by atoms with Gasteiger partial charge in [-0.05, 0) is 46.5 Å². The number of carbonyl (C=O) groups excluding carboxylic acids is 2. The Labute approximate surface area is 137 Å². The van der Waals surface area contributed by atoms with Crippen molar-refractivity contribution in [3.63, 3.8) is 0 Å². The Morgan fingerprint density at radius 3 is 2.22 bits per heavy atom. The van der Waals surface area contributed by atoms with Gasteiger partial charge in [0.2, 0.25) is 0 Å². The van der Waals surface area contributed by atoms with Crippen LogP contribution in [0.3, 0.4) is 0 Å². The summed E-state index contributed by atoms with van der Waals surface area (Å²) >= 11 is 0. The van der Waals surface area contributed by atoms with Gasteiger partial charge in [0, 0.05) is 19.4 Å². The molecule has 0 aliphatic heterocycles. The van der Waals surface area contributed by atoms with Crippen LogP contribution in [0, 0.1) is 0 Å². The molecular formula is C16H29NO6. The summed E-state index contributed by atoms with van der Waals surface area (Å²) in [5.41, 5.74) is -0.488. The average Bonchev–Trinajstić information content (AvgIpc) is 2.39. The maximum absolute atomic E-state index is 11.4. The van der Waals surface area contributed by atoms with E-state index in [2.05, 4.69) is 5.32 Å². The molecule has 134 valence electrons. The first-order chi connectivity index (χ1) is 10.7. The van der Waals surface area contributed by atoms with Gasteiger partial charge in [-0.2, -0.15) is 0 Å². The van der Waals surface area contributed by atoms with Crippen molar-refractivity contribution in [2.75, 3.05) is 13.2 Å². The van der Waals surface area contributed by atoms with E-state index in [4.69, 9.17) is 14.6 Å². The fraction of sp³-hybridized carbons (Fsp3) is 0.812. The summed E-state index contributed by atoms with van der Waals surface area (Å²) in [6.07, 6.45) is 3.46. The lowest BCUT2D eigenvalue weighted by atomic mass is 10.2. The number of esters is 1. The summed E-state index contributed by atoms with van der Waals surface area (Å²) in [5.74, 6) is -1.25. The number of aliphatic carboxylic acids is 1. The van der Waals surface area contributed by atoms with Crippen molar-refractivity contribution in [2.24, 2.45) is 0 Å². The molecule has 0 aromatic carbocycles. The molecule has 1 amide bonds. The largest absolute Gasteiger partial charge is 0.481 e. The maximum Gasteiger partial charge on any atom is 0.407 e. The molecule has 0 atom stereocenters. The highest BCUT2D eigenvalue weighted by Crippen LogP contribution is 2.06. The van der Waals surface area contributed by atoms with Crippen molar-refractivity contribution in [2.45, 2.75) is 71.3 Å². The van der Waals surface area contributed by atoms with Crippen molar-refractivity contribution in [3.05, 3.63) is 0 Å². The van der Waals surface area contributed by atoms with Crippen molar-refractivity contribution in [1.82, 2.24) is 5.32 Å². The fourth-order valence-electron chi connectivity index (χ4n) is 1.73. The summed E-state index contributed by atoms with van der Waals surface area (Å²) in [5, 5.41) is 11.1. The Hall–Kier alpha value is -1.79. The zero-order valence-electron chi connectivity index (χ0n) is 14.4. The van der Waals surface area contributed by atoms with Crippen molar-refractivity contribution < 1.29 is 29.0 Å². The molecule has 0 spiro atoms. The number of carboxylic acids is 1. The smallest absolute Gasteiger partial charge is 0.407 e. The van der Waals surface area contributed by atoms with E-state index in [0.717, 1.165) is 25.7 Å². The minimum atomic E-state index is -0.905. The predicted octanol–water partition coefficient (Wildman–Crippen LogP) is 2.87. The van der Waals surface area contributed by atoms with Crippen LogP contribution < -0.4 is 5.32 Å². The van der Waals surface area contributed by atoms with Gasteiger partial charge in [-0.3, -0.25) is 9.59 Å². The number of carboxylic acid groups (broad SMARTS) is 1. The van der Waals surface area contributed by atoms with Crippen LogP contribution in [0.2, 0.25) is 0 Å². The third-order valence-electron chi connectivity index (χ3n) is 2.77. The lowest BCUT2D eigenvalue weighted by Crippen LogP contribution is -2.32. The lowest BCUT2D eigenvalue weighted by molar-refractivity contribution is -0.144. The summed E-state index contributed by atoms with van der Waals surface area (Å²) in [4.78, 5) is 32.9. The number of ether oxygens (including phenoxy) is 2. The van der Waals surface area contributed by atoms with E-state index in [9.17, 15) is 14.4 Å². The monoisotopic (exact) mass is 331 g/mol. The summed E-state index contributed by atoms with van der Waals surface area (Å²) in [6, 6.07) is 0. The Bertz CT molecular complexity index is 375. The van der Waals surface area contributed by atoms with Crippen LogP contribution >= 0.6 is 0 Å². The Kier molecular flexibility index (Phi) is 10.8. The van der Waals surface area contributed by atoms with Crippen LogP contribution in [0.4, 0.5) is 4.79 Å². The summed E-state index contributed by atoms with van der Waals surface area (Å²) in [6.45, 7) is 6.36. The number of rotatable bonds is 11. The Balaban J connectivity index is 3.38. The molecule has 0 radical (unpaired) electrons. The molecule has 0 aliphatic rings. The third-order valence-corrected chi connectivity index (χ3v) is 2.77. The molecule has 0 aromatic heterocycles. The normalized spacial score (nSPS) is 10.9. The van der Waals surface area contributed by atoms with Crippen LogP contribution in [0.5, 0.6) is 0 Å². The molecule has 0 saturated heterocycles. The number of hydrogen-bond acceptors (Lipinski definition) is 5. The van der Waals surface area contributed by atoms with Gasteiger partial charge in [-0.25, -0.2) is 4.79 Å². The minimum Gasteiger partial charge on any atom is -0.481 e. The Morgan fingerprint density at radius 2 is 1.61 bits per heavy atom. The van der Waals surface area contributed by atoms with Crippen molar-refractivity contribution >= 4 is 18.0 Å². The van der Waals surface area contributed by atoms with E-state index >= 15 is 0 Å². The first kappa shape index (κ1) is 21.2. The second kappa shape index (κ2) is 11.7. The van der Waals surface area contributed by atoms with Crippen molar-refractivity contribution in [1.29, 1.82) is 0 Å². The number of unbranched alkanes of at least 4 members (excludes halogenated alkanes) is 3. The first-order valence-corrected chi connectivity index (χ1v) is 8.05.